The maximum absolute atomic E-state index is 13.1. The number of ether oxygens (including phenoxy) is 2. The summed E-state index contributed by atoms with van der Waals surface area (Å²) < 4.78 is 11.0. The molecule has 1 fully saturated rings. The Morgan fingerprint density at radius 2 is 1.94 bits per heavy atom. The Morgan fingerprint density at radius 3 is 2.67 bits per heavy atom. The Bertz CT molecular complexity index is 1080. The first kappa shape index (κ1) is 23.2. The standard InChI is InChI=1S/C26H30N2O4S/c1-4-32-21-12-10-17(14-22(21)31-3)15-24-26(30)28(2)20-16-18(11-13-23(20)33-24)25(29)27-19-8-6-5-7-9-19/h10-16,19H,4-9H2,1-3H3,(H,27,29)/b24-15+. The van der Waals surface area contributed by atoms with Gasteiger partial charge in [-0.15, -0.1) is 0 Å². The Hall–Kier alpha value is -2.93. The summed E-state index contributed by atoms with van der Waals surface area (Å²) in [6.07, 6.45) is 7.50. The van der Waals surface area contributed by atoms with Gasteiger partial charge in [0.2, 0.25) is 0 Å². The summed E-state index contributed by atoms with van der Waals surface area (Å²) in [6, 6.07) is 11.4. The first-order valence-corrected chi connectivity index (χ1v) is 12.2. The molecule has 0 spiro atoms. The van der Waals surface area contributed by atoms with Gasteiger partial charge in [0.1, 0.15) is 0 Å². The molecule has 0 saturated heterocycles. The van der Waals surface area contributed by atoms with Crippen molar-refractivity contribution in [1.29, 1.82) is 0 Å². The number of hydrogen-bond donors (Lipinski definition) is 1. The molecule has 6 nitrogen and oxygen atoms in total. The molecular weight excluding hydrogens is 436 g/mol. The number of rotatable bonds is 6. The van der Waals surface area contributed by atoms with Gasteiger partial charge in [0, 0.05) is 23.5 Å². The van der Waals surface area contributed by atoms with Gasteiger partial charge in [-0.1, -0.05) is 37.1 Å². The smallest absolute Gasteiger partial charge is 0.264 e. The summed E-state index contributed by atoms with van der Waals surface area (Å²) >= 11 is 1.41. The zero-order chi connectivity index (χ0) is 23.4. The van der Waals surface area contributed by atoms with Crippen molar-refractivity contribution in [3.05, 3.63) is 52.4 Å². The van der Waals surface area contributed by atoms with E-state index in [0.29, 0.717) is 28.6 Å². The molecule has 1 saturated carbocycles. The molecule has 1 aliphatic carbocycles. The molecule has 0 bridgehead atoms. The van der Waals surface area contributed by atoms with Crippen LogP contribution in [0.4, 0.5) is 5.69 Å². The number of thioether (sulfide) groups is 1. The number of amides is 2. The summed E-state index contributed by atoms with van der Waals surface area (Å²) in [5.41, 5.74) is 2.19. The van der Waals surface area contributed by atoms with Gasteiger partial charge in [0.05, 0.1) is 24.3 Å². The predicted octanol–water partition coefficient (Wildman–Crippen LogP) is 5.27. The fraction of sp³-hybridized carbons (Fsp3) is 0.385. The number of anilines is 1. The van der Waals surface area contributed by atoms with Crippen LogP contribution >= 0.6 is 11.8 Å². The quantitative estimate of drug-likeness (QED) is 0.588. The fourth-order valence-corrected chi connectivity index (χ4v) is 5.34. The van der Waals surface area contributed by atoms with Crippen molar-refractivity contribution in [3.8, 4) is 11.5 Å². The molecule has 0 unspecified atom stereocenters. The first-order chi connectivity index (χ1) is 16.0. The van der Waals surface area contributed by atoms with E-state index in [9.17, 15) is 9.59 Å². The maximum atomic E-state index is 13.1. The largest absolute Gasteiger partial charge is 0.493 e. The van der Waals surface area contributed by atoms with E-state index in [2.05, 4.69) is 5.32 Å². The minimum Gasteiger partial charge on any atom is -0.493 e. The topological polar surface area (TPSA) is 67.9 Å². The van der Waals surface area contributed by atoms with Crippen LogP contribution in [0.25, 0.3) is 6.08 Å². The number of benzene rings is 2. The van der Waals surface area contributed by atoms with E-state index in [-0.39, 0.29) is 17.9 Å². The number of nitrogens with one attached hydrogen (secondary N) is 1. The van der Waals surface area contributed by atoms with Crippen molar-refractivity contribution >= 4 is 35.3 Å². The van der Waals surface area contributed by atoms with Gasteiger partial charge < -0.3 is 19.7 Å². The number of fused-ring (bicyclic) bond motifs is 1. The van der Waals surface area contributed by atoms with E-state index < -0.39 is 0 Å². The average molecular weight is 467 g/mol. The molecule has 33 heavy (non-hydrogen) atoms. The molecule has 1 aliphatic heterocycles. The van der Waals surface area contributed by atoms with Crippen LogP contribution in [0.5, 0.6) is 11.5 Å². The average Bonchev–Trinajstić information content (AvgIpc) is 2.83. The van der Waals surface area contributed by atoms with Gasteiger partial charge in [0.15, 0.2) is 11.5 Å². The molecule has 0 radical (unpaired) electrons. The highest BCUT2D eigenvalue weighted by Gasteiger charge is 2.28. The van der Waals surface area contributed by atoms with Crippen LogP contribution in [0.15, 0.2) is 46.2 Å². The summed E-state index contributed by atoms with van der Waals surface area (Å²) in [4.78, 5) is 29.0. The number of methoxy groups -OCH3 is 1. The second-order valence-electron chi connectivity index (χ2n) is 8.31. The van der Waals surface area contributed by atoms with Gasteiger partial charge in [-0.05, 0) is 61.7 Å². The molecule has 0 atom stereocenters. The Kier molecular flexibility index (Phi) is 7.28. The molecule has 1 heterocycles. The number of likely N-dealkylation sites (N-methyl/N-ethyl adjacent to an activating group) is 1. The molecular formula is C26H30N2O4S. The molecule has 0 aromatic heterocycles. The predicted molar refractivity (Wildman–Crippen MR) is 132 cm³/mol. The third-order valence-corrected chi connectivity index (χ3v) is 7.12. The van der Waals surface area contributed by atoms with Crippen molar-refractivity contribution in [2.24, 2.45) is 0 Å². The first-order valence-electron chi connectivity index (χ1n) is 11.4. The number of carbonyl (C=O) groups excluding carboxylic acids is 2. The van der Waals surface area contributed by atoms with Crippen molar-refractivity contribution in [1.82, 2.24) is 5.32 Å². The summed E-state index contributed by atoms with van der Waals surface area (Å²) in [5.74, 6) is 1.12. The molecule has 2 aromatic carbocycles. The highest BCUT2D eigenvalue weighted by atomic mass is 32.2. The molecule has 1 N–H and O–H groups in total. The van der Waals surface area contributed by atoms with E-state index in [1.54, 1.807) is 19.1 Å². The Balaban J connectivity index is 1.55. The van der Waals surface area contributed by atoms with E-state index in [4.69, 9.17) is 9.47 Å². The minimum atomic E-state index is -0.106. The van der Waals surface area contributed by atoms with Crippen LogP contribution in [-0.4, -0.2) is 38.6 Å². The Labute approximate surface area is 199 Å². The summed E-state index contributed by atoms with van der Waals surface area (Å²) in [6.45, 7) is 2.47. The third kappa shape index (κ3) is 5.19. The monoisotopic (exact) mass is 466 g/mol. The lowest BCUT2D eigenvalue weighted by atomic mass is 9.95. The van der Waals surface area contributed by atoms with E-state index in [1.807, 2.05) is 49.4 Å². The van der Waals surface area contributed by atoms with Crippen LogP contribution in [0.2, 0.25) is 0 Å². The van der Waals surface area contributed by atoms with Crippen LogP contribution in [-0.2, 0) is 4.79 Å². The third-order valence-electron chi connectivity index (χ3n) is 6.04. The molecule has 7 heteroatoms. The van der Waals surface area contributed by atoms with Gasteiger partial charge in [-0.3, -0.25) is 9.59 Å². The van der Waals surface area contributed by atoms with E-state index in [1.165, 1.54) is 31.0 Å². The molecule has 2 aromatic rings. The van der Waals surface area contributed by atoms with Gasteiger partial charge in [-0.2, -0.15) is 0 Å². The van der Waals surface area contributed by atoms with Crippen LogP contribution in [0, 0.1) is 0 Å². The lowest BCUT2D eigenvalue weighted by Crippen LogP contribution is -2.36. The number of nitrogens with zero attached hydrogens (tertiary/aromatic N) is 1. The SMILES string of the molecule is CCOc1ccc(/C=C2/Sc3ccc(C(=O)NC4CCCCC4)cc3N(C)C2=O)cc1OC. The van der Waals surface area contributed by atoms with Gasteiger partial charge in [-0.25, -0.2) is 0 Å². The zero-order valence-electron chi connectivity index (χ0n) is 19.3. The van der Waals surface area contributed by atoms with Crippen LogP contribution < -0.4 is 19.7 Å². The lowest BCUT2D eigenvalue weighted by molar-refractivity contribution is -0.114. The normalized spacial score (nSPS) is 17.6. The van der Waals surface area contributed by atoms with Crippen molar-refractivity contribution in [2.45, 2.75) is 50.0 Å². The highest BCUT2D eigenvalue weighted by molar-refractivity contribution is 8.04. The van der Waals surface area contributed by atoms with Gasteiger partial charge >= 0.3 is 0 Å². The highest BCUT2D eigenvalue weighted by Crippen LogP contribution is 2.42. The second kappa shape index (κ2) is 10.3. The van der Waals surface area contributed by atoms with Gasteiger partial charge in [0.25, 0.3) is 11.8 Å². The minimum absolute atomic E-state index is 0.0710. The molecule has 2 aliphatic rings. The van der Waals surface area contributed by atoms with Crippen LogP contribution in [0.3, 0.4) is 0 Å². The molecule has 2 amide bonds. The number of hydrogen-bond acceptors (Lipinski definition) is 5. The number of carbonyl (C=O) groups is 2. The van der Waals surface area contributed by atoms with Crippen LogP contribution in [0.1, 0.15) is 54.9 Å². The van der Waals surface area contributed by atoms with E-state index in [0.717, 1.165) is 29.0 Å². The van der Waals surface area contributed by atoms with Crippen molar-refractivity contribution in [3.63, 3.8) is 0 Å². The molecule has 4 rings (SSSR count). The second-order valence-corrected chi connectivity index (χ2v) is 9.39. The maximum Gasteiger partial charge on any atom is 0.264 e. The summed E-state index contributed by atoms with van der Waals surface area (Å²) in [5, 5.41) is 3.15. The Morgan fingerprint density at radius 1 is 1.15 bits per heavy atom. The van der Waals surface area contributed by atoms with Crippen molar-refractivity contribution in [2.75, 3.05) is 25.7 Å². The zero-order valence-corrected chi connectivity index (χ0v) is 20.2. The van der Waals surface area contributed by atoms with Crippen molar-refractivity contribution < 1.29 is 19.1 Å². The molecule has 174 valence electrons. The van der Waals surface area contributed by atoms with E-state index >= 15 is 0 Å². The lowest BCUT2D eigenvalue weighted by Gasteiger charge is -2.28. The fourth-order valence-electron chi connectivity index (χ4n) is 4.25. The summed E-state index contributed by atoms with van der Waals surface area (Å²) in [7, 11) is 3.34.